The predicted octanol–water partition coefficient (Wildman–Crippen LogP) is 5.00. The minimum Gasteiger partial charge on any atom is -0.310 e. The Hall–Kier alpha value is -0.830. The van der Waals surface area contributed by atoms with E-state index in [0.29, 0.717) is 0 Å². The molecule has 2 rings (SSSR count). The number of nitrogens with one attached hydrogen (secondary N) is 1. The average Bonchev–Trinajstić information content (AvgIpc) is 2.43. The monoisotopic (exact) mass is 337 g/mol. The van der Waals surface area contributed by atoms with Crippen LogP contribution in [0.25, 0.3) is 0 Å². The highest BCUT2D eigenvalue weighted by atomic mass is 79.9. The van der Waals surface area contributed by atoms with Crippen LogP contribution in [0.2, 0.25) is 5.02 Å². The highest BCUT2D eigenvalue weighted by Gasteiger charge is 2.12. The second kappa shape index (κ2) is 7.09. The van der Waals surface area contributed by atoms with Crippen molar-refractivity contribution in [2.24, 2.45) is 0 Å². The number of hydrogen-bond acceptors (Lipinski definition) is 1. The zero-order valence-electron chi connectivity index (χ0n) is 10.9. The lowest BCUT2D eigenvalue weighted by Gasteiger charge is -2.19. The summed E-state index contributed by atoms with van der Waals surface area (Å²) in [5.41, 5.74) is 2.55. The Morgan fingerprint density at radius 2 is 1.89 bits per heavy atom. The predicted molar refractivity (Wildman–Crippen MR) is 85.7 cm³/mol. The molecule has 0 saturated heterocycles. The molecule has 100 valence electrons. The van der Waals surface area contributed by atoms with Gasteiger partial charge in [-0.05, 0) is 52.2 Å². The number of benzene rings is 2. The summed E-state index contributed by atoms with van der Waals surface area (Å²) in [7, 11) is 0. The smallest absolute Gasteiger partial charge is 0.0551 e. The van der Waals surface area contributed by atoms with Gasteiger partial charge in [0.1, 0.15) is 0 Å². The molecule has 0 aromatic heterocycles. The molecule has 19 heavy (non-hydrogen) atoms. The first kappa shape index (κ1) is 14.6. The normalized spacial score (nSPS) is 12.4. The number of hydrogen-bond donors (Lipinski definition) is 1. The first-order valence-corrected chi connectivity index (χ1v) is 7.60. The van der Waals surface area contributed by atoms with Crippen LogP contribution in [0.5, 0.6) is 0 Å². The Kier molecular flexibility index (Phi) is 5.44. The highest BCUT2D eigenvalue weighted by Crippen LogP contribution is 2.27. The van der Waals surface area contributed by atoms with Gasteiger partial charge in [-0.25, -0.2) is 0 Å². The van der Waals surface area contributed by atoms with E-state index in [1.165, 1.54) is 11.1 Å². The van der Waals surface area contributed by atoms with Crippen molar-refractivity contribution in [3.05, 3.63) is 69.2 Å². The van der Waals surface area contributed by atoms with Crippen molar-refractivity contribution in [3.63, 3.8) is 0 Å². The Morgan fingerprint density at radius 3 is 2.53 bits per heavy atom. The Bertz CT molecular complexity index is 528. The van der Waals surface area contributed by atoms with E-state index >= 15 is 0 Å². The average molecular weight is 339 g/mol. The lowest BCUT2D eigenvalue weighted by atomic mass is 9.99. The van der Waals surface area contributed by atoms with Gasteiger partial charge in [0.2, 0.25) is 0 Å². The SMILES string of the molecule is CCNC(Cc1ccccc1)c1ccc(Br)c(Cl)c1. The van der Waals surface area contributed by atoms with Crippen LogP contribution in [0.3, 0.4) is 0 Å². The number of likely N-dealkylation sites (N-methyl/N-ethyl adjacent to an activating group) is 1. The molecule has 1 nitrogen and oxygen atoms in total. The molecule has 1 unspecified atom stereocenters. The van der Waals surface area contributed by atoms with E-state index in [2.05, 4.69) is 58.5 Å². The van der Waals surface area contributed by atoms with Gasteiger partial charge in [0.05, 0.1) is 5.02 Å². The van der Waals surface area contributed by atoms with Gasteiger partial charge in [0.15, 0.2) is 0 Å². The molecule has 0 fully saturated rings. The number of rotatable bonds is 5. The lowest BCUT2D eigenvalue weighted by Crippen LogP contribution is -2.22. The summed E-state index contributed by atoms with van der Waals surface area (Å²) >= 11 is 9.62. The molecule has 2 aromatic rings. The van der Waals surface area contributed by atoms with Gasteiger partial charge < -0.3 is 5.32 Å². The fourth-order valence-electron chi connectivity index (χ4n) is 2.13. The van der Waals surface area contributed by atoms with Crippen molar-refractivity contribution >= 4 is 27.5 Å². The lowest BCUT2D eigenvalue weighted by molar-refractivity contribution is 0.550. The Labute approximate surface area is 128 Å². The van der Waals surface area contributed by atoms with Crippen molar-refractivity contribution < 1.29 is 0 Å². The summed E-state index contributed by atoms with van der Waals surface area (Å²) in [6.45, 7) is 3.06. The largest absolute Gasteiger partial charge is 0.310 e. The second-order valence-corrected chi connectivity index (χ2v) is 5.74. The van der Waals surface area contributed by atoms with Gasteiger partial charge in [-0.2, -0.15) is 0 Å². The van der Waals surface area contributed by atoms with Gasteiger partial charge >= 0.3 is 0 Å². The molecule has 3 heteroatoms. The summed E-state index contributed by atoms with van der Waals surface area (Å²) in [4.78, 5) is 0. The van der Waals surface area contributed by atoms with E-state index in [-0.39, 0.29) is 6.04 Å². The van der Waals surface area contributed by atoms with Crippen molar-refractivity contribution in [2.75, 3.05) is 6.54 Å². The van der Waals surface area contributed by atoms with Crippen molar-refractivity contribution in [1.82, 2.24) is 5.32 Å². The molecule has 0 bridgehead atoms. The molecule has 0 spiro atoms. The van der Waals surface area contributed by atoms with Crippen LogP contribution in [-0.2, 0) is 6.42 Å². The molecule has 2 aromatic carbocycles. The summed E-state index contributed by atoms with van der Waals surface area (Å²) in [6.07, 6.45) is 0.965. The number of halogens is 2. The summed E-state index contributed by atoms with van der Waals surface area (Å²) in [5, 5.41) is 4.28. The van der Waals surface area contributed by atoms with Crippen molar-refractivity contribution in [2.45, 2.75) is 19.4 Å². The fourth-order valence-corrected chi connectivity index (χ4v) is 2.57. The van der Waals surface area contributed by atoms with Crippen molar-refractivity contribution in [3.8, 4) is 0 Å². The molecule has 0 aliphatic carbocycles. The molecular weight excluding hydrogens is 322 g/mol. The van der Waals surface area contributed by atoms with E-state index in [1.54, 1.807) is 0 Å². The van der Waals surface area contributed by atoms with Gasteiger partial charge in [-0.15, -0.1) is 0 Å². The minimum atomic E-state index is 0.290. The molecular formula is C16H17BrClN. The maximum Gasteiger partial charge on any atom is 0.0551 e. The van der Waals surface area contributed by atoms with Crippen LogP contribution in [0, 0.1) is 0 Å². The highest BCUT2D eigenvalue weighted by molar-refractivity contribution is 9.10. The van der Waals surface area contributed by atoms with E-state index in [9.17, 15) is 0 Å². The maximum absolute atomic E-state index is 6.19. The molecule has 1 atom stereocenters. The third kappa shape index (κ3) is 4.07. The first-order chi connectivity index (χ1) is 9.20. The van der Waals surface area contributed by atoms with Gasteiger partial charge in [0.25, 0.3) is 0 Å². The van der Waals surface area contributed by atoms with Crippen LogP contribution < -0.4 is 5.32 Å². The van der Waals surface area contributed by atoms with Gasteiger partial charge in [0, 0.05) is 10.5 Å². The maximum atomic E-state index is 6.19. The zero-order valence-corrected chi connectivity index (χ0v) is 13.2. The Morgan fingerprint density at radius 1 is 1.16 bits per heavy atom. The topological polar surface area (TPSA) is 12.0 Å². The first-order valence-electron chi connectivity index (χ1n) is 6.43. The van der Waals surface area contributed by atoms with Crippen LogP contribution in [0.4, 0.5) is 0 Å². The Balaban J connectivity index is 2.21. The van der Waals surface area contributed by atoms with Crippen LogP contribution in [0.1, 0.15) is 24.1 Å². The van der Waals surface area contributed by atoms with E-state index in [0.717, 1.165) is 22.5 Å². The van der Waals surface area contributed by atoms with E-state index < -0.39 is 0 Å². The molecule has 0 radical (unpaired) electrons. The molecule has 0 amide bonds. The van der Waals surface area contributed by atoms with E-state index in [1.807, 2.05) is 18.2 Å². The molecule has 0 heterocycles. The minimum absolute atomic E-state index is 0.290. The molecule has 0 aliphatic rings. The molecule has 0 aliphatic heterocycles. The third-order valence-corrected chi connectivity index (χ3v) is 4.31. The van der Waals surface area contributed by atoms with Crippen LogP contribution in [-0.4, -0.2) is 6.54 Å². The standard InChI is InChI=1S/C16H17BrClN/c1-2-19-16(10-12-6-4-3-5-7-12)13-8-9-14(17)15(18)11-13/h3-9,11,16,19H,2,10H2,1H3. The summed E-state index contributed by atoms with van der Waals surface area (Å²) in [5.74, 6) is 0. The zero-order chi connectivity index (χ0) is 13.7. The van der Waals surface area contributed by atoms with Crippen LogP contribution in [0.15, 0.2) is 53.0 Å². The van der Waals surface area contributed by atoms with Gasteiger partial charge in [-0.1, -0.05) is 54.9 Å². The molecule has 0 saturated carbocycles. The fraction of sp³-hybridized carbons (Fsp3) is 0.250. The quantitative estimate of drug-likeness (QED) is 0.809. The van der Waals surface area contributed by atoms with Crippen LogP contribution >= 0.6 is 27.5 Å². The van der Waals surface area contributed by atoms with E-state index in [4.69, 9.17) is 11.6 Å². The second-order valence-electron chi connectivity index (χ2n) is 4.47. The third-order valence-electron chi connectivity index (χ3n) is 3.08. The summed E-state index contributed by atoms with van der Waals surface area (Å²) < 4.78 is 0.938. The summed E-state index contributed by atoms with van der Waals surface area (Å²) in [6, 6.07) is 17.0. The van der Waals surface area contributed by atoms with Gasteiger partial charge in [-0.3, -0.25) is 0 Å². The van der Waals surface area contributed by atoms with Crippen molar-refractivity contribution in [1.29, 1.82) is 0 Å². The molecule has 1 N–H and O–H groups in total.